The van der Waals surface area contributed by atoms with Crippen LogP contribution in [-0.4, -0.2) is 12.2 Å². The van der Waals surface area contributed by atoms with E-state index >= 15 is 0 Å². The molecule has 0 spiro atoms. The minimum atomic E-state index is -0.750. The van der Waals surface area contributed by atoms with E-state index in [0.717, 1.165) is 5.56 Å². The zero-order valence-electron chi connectivity index (χ0n) is 10.2. The summed E-state index contributed by atoms with van der Waals surface area (Å²) in [6.45, 7) is 3.57. The first-order valence-electron chi connectivity index (χ1n) is 5.58. The number of hydrogen-bond donors (Lipinski definition) is 5. The summed E-state index contributed by atoms with van der Waals surface area (Å²) in [5.74, 6) is -0.493. The fourth-order valence-electron chi connectivity index (χ4n) is 1.63. The molecule has 1 heterocycles. The van der Waals surface area contributed by atoms with Crippen molar-refractivity contribution in [2.45, 2.75) is 25.6 Å². The maximum absolute atomic E-state index is 12.9. The molecule has 1 saturated heterocycles. The number of amides is 1. The van der Waals surface area contributed by atoms with E-state index in [4.69, 9.17) is 0 Å². The monoisotopic (exact) mass is 253 g/mol. The number of nitrogens with one attached hydrogen (secondary N) is 5. The van der Waals surface area contributed by atoms with Crippen molar-refractivity contribution < 1.29 is 9.18 Å². The van der Waals surface area contributed by atoms with Gasteiger partial charge in [0.1, 0.15) is 5.82 Å². The average Bonchev–Trinajstić information content (AvgIpc) is 2.82. The van der Waals surface area contributed by atoms with Crippen LogP contribution in [0.2, 0.25) is 0 Å². The Morgan fingerprint density at radius 1 is 1.22 bits per heavy atom. The molecule has 2 rings (SSSR count). The van der Waals surface area contributed by atoms with Crippen molar-refractivity contribution >= 4 is 5.91 Å². The van der Waals surface area contributed by atoms with Crippen LogP contribution in [0.15, 0.2) is 24.3 Å². The minimum absolute atomic E-state index is 0.176. The van der Waals surface area contributed by atoms with Crippen LogP contribution < -0.4 is 27.2 Å². The summed E-state index contributed by atoms with van der Waals surface area (Å²) >= 11 is 0. The Morgan fingerprint density at radius 2 is 1.78 bits per heavy atom. The van der Waals surface area contributed by atoms with Gasteiger partial charge in [0.25, 0.3) is 0 Å². The molecule has 1 fully saturated rings. The Kier molecular flexibility index (Phi) is 3.58. The summed E-state index contributed by atoms with van der Waals surface area (Å²) in [5.41, 5.74) is 10.7. The van der Waals surface area contributed by atoms with Crippen molar-refractivity contribution in [1.82, 2.24) is 27.2 Å². The molecule has 7 heteroatoms. The molecular formula is C11H16FN5O. The Labute approximate surface area is 104 Å². The van der Waals surface area contributed by atoms with Crippen LogP contribution in [0.3, 0.4) is 0 Å². The van der Waals surface area contributed by atoms with Gasteiger partial charge in [0.2, 0.25) is 5.91 Å². The van der Waals surface area contributed by atoms with Crippen molar-refractivity contribution in [2.24, 2.45) is 0 Å². The average molecular weight is 253 g/mol. The maximum atomic E-state index is 12.9. The third kappa shape index (κ3) is 2.65. The van der Waals surface area contributed by atoms with Gasteiger partial charge < -0.3 is 5.32 Å². The van der Waals surface area contributed by atoms with Crippen LogP contribution in [0.5, 0.6) is 0 Å². The van der Waals surface area contributed by atoms with E-state index in [1.807, 2.05) is 0 Å². The van der Waals surface area contributed by atoms with Gasteiger partial charge in [-0.1, -0.05) is 12.1 Å². The van der Waals surface area contributed by atoms with Crippen LogP contribution in [0, 0.1) is 5.82 Å². The fraction of sp³-hybridized carbons (Fsp3) is 0.364. The molecular weight excluding hydrogens is 237 g/mol. The predicted octanol–water partition coefficient (Wildman–Crippen LogP) is -0.380. The predicted molar refractivity (Wildman–Crippen MR) is 63.9 cm³/mol. The van der Waals surface area contributed by atoms with E-state index < -0.39 is 11.7 Å². The highest BCUT2D eigenvalue weighted by atomic mass is 19.1. The number of carbonyl (C=O) groups excluding carboxylic acids is 1. The molecule has 0 unspecified atom stereocenters. The fourth-order valence-corrected chi connectivity index (χ4v) is 1.63. The molecule has 0 aromatic heterocycles. The zero-order chi connectivity index (χ0) is 13.2. The maximum Gasteiger partial charge on any atom is 0.232 e. The zero-order valence-corrected chi connectivity index (χ0v) is 10.2. The molecule has 0 bridgehead atoms. The van der Waals surface area contributed by atoms with Gasteiger partial charge in [0, 0.05) is 0 Å². The highest BCUT2D eigenvalue weighted by Gasteiger charge is 2.31. The van der Waals surface area contributed by atoms with Crippen molar-refractivity contribution in [2.75, 3.05) is 0 Å². The second-order valence-corrected chi connectivity index (χ2v) is 4.58. The van der Waals surface area contributed by atoms with Gasteiger partial charge in [-0.3, -0.25) is 4.79 Å². The highest BCUT2D eigenvalue weighted by Crippen LogP contribution is 2.23. The second-order valence-electron chi connectivity index (χ2n) is 4.58. The number of hydrogen-bond acceptors (Lipinski definition) is 5. The molecule has 1 aromatic rings. The summed E-state index contributed by atoms with van der Waals surface area (Å²) in [5, 5.41) is 2.75. The molecule has 1 aromatic carbocycles. The van der Waals surface area contributed by atoms with Gasteiger partial charge >= 0.3 is 0 Å². The van der Waals surface area contributed by atoms with Crippen LogP contribution in [0.1, 0.15) is 19.4 Å². The Hall–Kier alpha value is -1.54. The topological polar surface area (TPSA) is 77.2 Å². The van der Waals surface area contributed by atoms with Crippen LogP contribution in [0.25, 0.3) is 0 Å². The van der Waals surface area contributed by atoms with Gasteiger partial charge in [-0.2, -0.15) is 11.1 Å². The normalized spacial score (nSPS) is 16.8. The number of halogens is 1. The lowest BCUT2D eigenvalue weighted by Gasteiger charge is -2.25. The Balaban J connectivity index is 2.08. The first-order chi connectivity index (χ1) is 8.50. The summed E-state index contributed by atoms with van der Waals surface area (Å²) < 4.78 is 12.9. The van der Waals surface area contributed by atoms with Crippen molar-refractivity contribution in [1.29, 1.82) is 0 Å². The lowest BCUT2D eigenvalue weighted by atomic mass is 9.84. The molecule has 0 saturated carbocycles. The SMILES string of the molecule is CC(C)(C(=O)NC1NNNN1)c1ccc(F)cc1. The van der Waals surface area contributed by atoms with Gasteiger partial charge in [0.15, 0.2) is 6.29 Å². The number of rotatable bonds is 3. The van der Waals surface area contributed by atoms with E-state index in [0.29, 0.717) is 0 Å². The smallest absolute Gasteiger partial charge is 0.232 e. The summed E-state index contributed by atoms with van der Waals surface area (Å²) in [6, 6.07) is 5.92. The van der Waals surface area contributed by atoms with Crippen molar-refractivity contribution in [3.8, 4) is 0 Å². The number of hydrazine groups is 3. The summed E-state index contributed by atoms with van der Waals surface area (Å²) in [6.07, 6.45) is -0.405. The quantitative estimate of drug-likeness (QED) is 0.508. The van der Waals surface area contributed by atoms with E-state index in [1.165, 1.54) is 12.1 Å². The molecule has 0 aliphatic carbocycles. The molecule has 0 radical (unpaired) electrons. The standard InChI is InChI=1S/C11H16FN5O/c1-11(2,7-3-5-8(12)6-4-7)9(18)13-10-14-16-17-15-10/h3-6,10,14-17H,1-2H3,(H,13,18). The number of carbonyl (C=O) groups is 1. The molecule has 0 atom stereocenters. The first kappa shape index (κ1) is 12.9. The van der Waals surface area contributed by atoms with E-state index in [1.54, 1.807) is 26.0 Å². The van der Waals surface area contributed by atoms with Gasteiger partial charge in [-0.15, -0.1) is 0 Å². The lowest BCUT2D eigenvalue weighted by molar-refractivity contribution is -0.126. The molecule has 1 aliphatic rings. The van der Waals surface area contributed by atoms with E-state index in [9.17, 15) is 9.18 Å². The van der Waals surface area contributed by atoms with Crippen LogP contribution in [0.4, 0.5) is 4.39 Å². The molecule has 5 N–H and O–H groups in total. The summed E-state index contributed by atoms with van der Waals surface area (Å²) in [4.78, 5) is 12.2. The van der Waals surface area contributed by atoms with Crippen LogP contribution >= 0.6 is 0 Å². The largest absolute Gasteiger partial charge is 0.325 e. The third-order valence-corrected chi connectivity index (χ3v) is 2.90. The second kappa shape index (κ2) is 4.99. The van der Waals surface area contributed by atoms with Gasteiger partial charge in [0.05, 0.1) is 5.41 Å². The molecule has 18 heavy (non-hydrogen) atoms. The van der Waals surface area contributed by atoms with Gasteiger partial charge in [-0.05, 0) is 31.5 Å². The molecule has 98 valence electrons. The third-order valence-electron chi connectivity index (χ3n) is 2.90. The minimum Gasteiger partial charge on any atom is -0.325 e. The van der Waals surface area contributed by atoms with Crippen molar-refractivity contribution in [3.63, 3.8) is 0 Å². The first-order valence-corrected chi connectivity index (χ1v) is 5.58. The highest BCUT2D eigenvalue weighted by molar-refractivity contribution is 5.87. The number of benzene rings is 1. The summed E-state index contributed by atoms with van der Waals surface area (Å²) in [7, 11) is 0. The molecule has 1 amide bonds. The van der Waals surface area contributed by atoms with Crippen molar-refractivity contribution in [3.05, 3.63) is 35.6 Å². The van der Waals surface area contributed by atoms with E-state index in [-0.39, 0.29) is 11.7 Å². The van der Waals surface area contributed by atoms with E-state index in [2.05, 4.69) is 27.2 Å². The lowest BCUT2D eigenvalue weighted by Crippen LogP contribution is -2.54. The van der Waals surface area contributed by atoms with Crippen LogP contribution in [-0.2, 0) is 10.2 Å². The van der Waals surface area contributed by atoms with Gasteiger partial charge in [-0.25, -0.2) is 15.2 Å². The molecule has 6 nitrogen and oxygen atoms in total. The Bertz CT molecular complexity index is 428. The Morgan fingerprint density at radius 3 is 2.33 bits per heavy atom. The molecule has 1 aliphatic heterocycles.